The molecule has 232 valence electrons. The lowest BCUT2D eigenvalue weighted by atomic mass is 10.1. The highest BCUT2D eigenvalue weighted by atomic mass is 32.2. The van der Waals surface area contributed by atoms with Crippen LogP contribution in [0, 0.1) is 17.7 Å². The first kappa shape index (κ1) is 33.7. The molecule has 0 unspecified atom stereocenters. The van der Waals surface area contributed by atoms with E-state index in [1.54, 1.807) is 23.9 Å². The molecular formula is C33H34N6O2S4. The molecule has 0 radical (unpaired) electrons. The summed E-state index contributed by atoms with van der Waals surface area (Å²) >= 11 is 6.09. The van der Waals surface area contributed by atoms with Crippen LogP contribution in [0.4, 0.5) is 17.1 Å². The average Bonchev–Trinajstić information content (AvgIpc) is 3.65. The number of thiophene rings is 2. The summed E-state index contributed by atoms with van der Waals surface area (Å²) in [6, 6.07) is 29.0. The Morgan fingerprint density at radius 3 is 2.04 bits per heavy atom. The molecule has 8 nitrogen and oxygen atoms in total. The highest BCUT2D eigenvalue weighted by Crippen LogP contribution is 2.37. The molecule has 0 saturated heterocycles. The maximum atomic E-state index is 12.2. The number of nitrogens with one attached hydrogen (secondary N) is 4. The highest BCUT2D eigenvalue weighted by molar-refractivity contribution is 8.00. The van der Waals surface area contributed by atoms with Crippen LogP contribution in [0.1, 0.15) is 31.2 Å². The lowest BCUT2D eigenvalue weighted by molar-refractivity contribution is 0.102. The van der Waals surface area contributed by atoms with Gasteiger partial charge >= 0.3 is 0 Å². The number of benzene rings is 3. The van der Waals surface area contributed by atoms with E-state index in [1.165, 1.54) is 34.4 Å². The number of aryl methyl sites for hydroxylation is 1. The maximum absolute atomic E-state index is 12.2. The molecule has 1 amide bonds. The molecule has 8 N–H and O–H groups in total. The number of ether oxygens (including phenoxy) is 1. The van der Waals surface area contributed by atoms with Crippen LogP contribution in [-0.4, -0.2) is 30.1 Å². The predicted octanol–water partition coefficient (Wildman–Crippen LogP) is 8.39. The minimum atomic E-state index is -0.156. The van der Waals surface area contributed by atoms with Crippen molar-refractivity contribution in [3.8, 4) is 5.75 Å². The first-order valence-corrected chi connectivity index (χ1v) is 17.7. The Balaban J connectivity index is 0.000000210. The van der Waals surface area contributed by atoms with E-state index in [0.717, 1.165) is 41.5 Å². The summed E-state index contributed by atoms with van der Waals surface area (Å²) in [5, 5.41) is 21.3. The third-order valence-electron chi connectivity index (χ3n) is 6.19. The van der Waals surface area contributed by atoms with Gasteiger partial charge in [0, 0.05) is 17.3 Å². The molecule has 0 aliphatic rings. The molecular weight excluding hydrogens is 641 g/mol. The van der Waals surface area contributed by atoms with Crippen LogP contribution in [0.3, 0.4) is 0 Å². The van der Waals surface area contributed by atoms with Crippen LogP contribution >= 0.6 is 46.2 Å². The molecule has 0 aliphatic heterocycles. The summed E-state index contributed by atoms with van der Waals surface area (Å²) in [7, 11) is 0. The summed E-state index contributed by atoms with van der Waals surface area (Å²) in [6.07, 6.45) is 3.94. The molecule has 12 heteroatoms. The monoisotopic (exact) mass is 674 g/mol. The predicted molar refractivity (Wildman–Crippen MR) is 194 cm³/mol. The zero-order valence-electron chi connectivity index (χ0n) is 25.0. The Kier molecular flexibility index (Phi) is 12.1. The Hall–Kier alpha value is -4.23. The SMILES string of the molecule is CSc1sc(C(=N)N)cc1NC(=O)c1cccc(C)c1.CSc1sc(C(=N)N)cc1Nc1cccc(OCc2ccccc2)c1. The van der Waals surface area contributed by atoms with Crippen molar-refractivity contribution in [2.45, 2.75) is 21.9 Å². The minimum Gasteiger partial charge on any atom is -0.489 e. The number of hydrogen-bond acceptors (Lipinski definition) is 9. The van der Waals surface area contributed by atoms with Crippen LogP contribution in [0.15, 0.2) is 99.4 Å². The van der Waals surface area contributed by atoms with Crippen molar-refractivity contribution < 1.29 is 9.53 Å². The van der Waals surface area contributed by atoms with Gasteiger partial charge < -0.3 is 26.8 Å². The normalized spacial score (nSPS) is 10.4. The summed E-state index contributed by atoms with van der Waals surface area (Å²) in [5.41, 5.74) is 16.5. The van der Waals surface area contributed by atoms with Crippen LogP contribution in [-0.2, 0) is 6.61 Å². The molecule has 0 aliphatic carbocycles. The van der Waals surface area contributed by atoms with Crippen molar-refractivity contribution in [1.82, 2.24) is 0 Å². The van der Waals surface area contributed by atoms with Gasteiger partial charge in [0.15, 0.2) is 0 Å². The Morgan fingerprint density at radius 2 is 1.42 bits per heavy atom. The number of anilines is 3. The largest absolute Gasteiger partial charge is 0.489 e. The van der Waals surface area contributed by atoms with Crippen molar-refractivity contribution in [2.75, 3.05) is 23.1 Å². The third kappa shape index (κ3) is 9.63. The molecule has 0 atom stereocenters. The number of nitrogen functional groups attached to an aromatic ring is 2. The van der Waals surface area contributed by atoms with E-state index in [2.05, 4.69) is 10.6 Å². The van der Waals surface area contributed by atoms with Gasteiger partial charge in [-0.25, -0.2) is 0 Å². The second-order valence-electron chi connectivity index (χ2n) is 9.61. The van der Waals surface area contributed by atoms with Crippen molar-refractivity contribution in [1.29, 1.82) is 10.8 Å². The fraction of sp³-hybridized carbons (Fsp3) is 0.121. The van der Waals surface area contributed by atoms with Crippen LogP contribution < -0.4 is 26.8 Å². The maximum Gasteiger partial charge on any atom is 0.255 e. The van der Waals surface area contributed by atoms with Crippen molar-refractivity contribution in [3.63, 3.8) is 0 Å². The number of amidine groups is 2. The second kappa shape index (κ2) is 16.2. The van der Waals surface area contributed by atoms with Gasteiger partial charge in [-0.2, -0.15) is 0 Å². The van der Waals surface area contributed by atoms with Gasteiger partial charge in [0.1, 0.15) is 24.0 Å². The van der Waals surface area contributed by atoms with E-state index in [9.17, 15) is 4.79 Å². The lowest BCUT2D eigenvalue weighted by Gasteiger charge is -2.10. The molecule has 0 bridgehead atoms. The minimum absolute atomic E-state index is 0.0151. The van der Waals surface area contributed by atoms with Crippen molar-refractivity contribution >= 4 is 80.8 Å². The molecule has 45 heavy (non-hydrogen) atoms. The number of rotatable bonds is 11. The standard InChI is InChI=1S/C19H19N3OS2.C14H15N3OS2/c1-24-19-16(11-17(25-19)18(20)21)22-14-8-5-9-15(10-14)23-12-13-6-3-2-4-7-13;1-8-4-3-5-9(6-8)13(18)17-10-7-11(12(15)16)20-14(10)19-2/h2-11,22H,12H2,1H3,(H3,20,21);3-7H,1-2H3,(H3,15,16)(H,17,18). The molecule has 3 aromatic carbocycles. The first-order valence-electron chi connectivity index (χ1n) is 13.6. The molecule has 0 spiro atoms. The fourth-order valence-corrected chi connectivity index (χ4v) is 7.31. The number of amides is 1. The zero-order chi connectivity index (χ0) is 32.3. The number of carbonyl (C=O) groups excluding carboxylic acids is 1. The van der Waals surface area contributed by atoms with Crippen LogP contribution in [0.2, 0.25) is 0 Å². The molecule has 2 aromatic heterocycles. The number of nitrogens with two attached hydrogens (primary N) is 2. The molecule has 2 heterocycles. The smallest absolute Gasteiger partial charge is 0.255 e. The van der Waals surface area contributed by atoms with Gasteiger partial charge in [-0.1, -0.05) is 54.1 Å². The van der Waals surface area contributed by atoms with E-state index in [-0.39, 0.29) is 17.6 Å². The van der Waals surface area contributed by atoms with Crippen LogP contribution in [0.5, 0.6) is 5.75 Å². The lowest BCUT2D eigenvalue weighted by Crippen LogP contribution is -2.12. The van der Waals surface area contributed by atoms with Gasteiger partial charge in [0.05, 0.1) is 29.5 Å². The summed E-state index contributed by atoms with van der Waals surface area (Å²) in [5.74, 6) is 0.758. The van der Waals surface area contributed by atoms with E-state index in [0.29, 0.717) is 22.7 Å². The summed E-state index contributed by atoms with van der Waals surface area (Å²) in [6.45, 7) is 2.48. The van der Waals surface area contributed by atoms with Gasteiger partial charge in [0.2, 0.25) is 0 Å². The average molecular weight is 675 g/mol. The van der Waals surface area contributed by atoms with E-state index in [4.69, 9.17) is 27.0 Å². The first-order chi connectivity index (χ1) is 21.7. The molecule has 0 fully saturated rings. The van der Waals surface area contributed by atoms with Crippen molar-refractivity contribution in [3.05, 3.63) is 117 Å². The van der Waals surface area contributed by atoms with Gasteiger partial charge in [-0.05, 0) is 61.4 Å². The number of carbonyl (C=O) groups is 1. The number of hydrogen-bond donors (Lipinski definition) is 6. The van der Waals surface area contributed by atoms with Gasteiger partial charge in [-0.3, -0.25) is 15.6 Å². The highest BCUT2D eigenvalue weighted by Gasteiger charge is 2.14. The fourth-order valence-electron chi connectivity index (χ4n) is 4.03. The summed E-state index contributed by atoms with van der Waals surface area (Å²) < 4.78 is 7.91. The third-order valence-corrected chi connectivity index (χ3v) is 10.8. The molecule has 5 rings (SSSR count). The number of thioether (sulfide) groups is 2. The van der Waals surface area contributed by atoms with Gasteiger partial charge in [0.25, 0.3) is 5.91 Å². The second-order valence-corrected chi connectivity index (χ2v) is 13.9. The van der Waals surface area contributed by atoms with E-state index < -0.39 is 0 Å². The Bertz CT molecular complexity index is 1790. The van der Waals surface area contributed by atoms with Gasteiger partial charge in [-0.15, -0.1) is 46.2 Å². The van der Waals surface area contributed by atoms with E-state index >= 15 is 0 Å². The zero-order valence-corrected chi connectivity index (χ0v) is 28.2. The quantitative estimate of drug-likeness (QED) is 0.0468. The molecule has 0 saturated carbocycles. The molecule has 5 aromatic rings. The Morgan fingerprint density at radius 1 is 0.800 bits per heavy atom. The topological polar surface area (TPSA) is 150 Å². The van der Waals surface area contributed by atoms with E-state index in [1.807, 2.05) is 98.3 Å². The van der Waals surface area contributed by atoms with Crippen LogP contribution in [0.25, 0.3) is 0 Å². The summed E-state index contributed by atoms with van der Waals surface area (Å²) in [4.78, 5) is 13.6. The Labute approximate surface area is 279 Å². The van der Waals surface area contributed by atoms with Crippen molar-refractivity contribution in [2.24, 2.45) is 11.5 Å².